The third-order valence-electron chi connectivity index (χ3n) is 9.99. The summed E-state index contributed by atoms with van der Waals surface area (Å²) in [5.74, 6) is 0.992. The first-order chi connectivity index (χ1) is 20.8. The molecule has 2 aliphatic rings. The lowest BCUT2D eigenvalue weighted by atomic mass is 9.67. The average Bonchev–Trinajstić information content (AvgIpc) is 3.08. The van der Waals surface area contributed by atoms with E-state index in [9.17, 15) is 9.59 Å². The Kier molecular flexibility index (Phi) is 10.8. The van der Waals surface area contributed by atoms with E-state index in [0.717, 1.165) is 22.4 Å². The van der Waals surface area contributed by atoms with Crippen LogP contribution in [0, 0.1) is 17.3 Å². The number of hydrogen-bond acceptors (Lipinski definition) is 6. The van der Waals surface area contributed by atoms with E-state index in [4.69, 9.17) is 18.6 Å². The van der Waals surface area contributed by atoms with E-state index in [1.54, 1.807) is 7.11 Å². The molecule has 2 amide bonds. The lowest BCUT2D eigenvalue weighted by Crippen LogP contribution is -2.56. The molecule has 1 aliphatic carbocycles. The average molecular weight is 622 g/mol. The highest BCUT2D eigenvalue weighted by atomic mass is 28.4. The van der Waals surface area contributed by atoms with Crippen LogP contribution in [-0.2, 0) is 31.9 Å². The standard InChI is InChI=1S/C36H51NO6Si/c1-26-21-36(33(38)37(22-27(26)2)34(39)42-25-28-12-10-9-11-13-28)19-18-30(20-32(36)43-44(7,8)35(3,4)5)24-41-23-29-14-16-31(40-6)17-15-29/h9-17,20,26-27,32H,18-19,21-25H2,1-8H3/t26-,27-,32-,36+/m0/s1. The van der Waals surface area contributed by atoms with Crippen LogP contribution in [0.1, 0.15) is 65.0 Å². The molecule has 2 aromatic carbocycles. The first kappa shape index (κ1) is 33.9. The zero-order valence-electron chi connectivity index (χ0n) is 27.9. The van der Waals surface area contributed by atoms with Gasteiger partial charge in [0.25, 0.3) is 0 Å². The van der Waals surface area contributed by atoms with E-state index in [-0.39, 0.29) is 29.4 Å². The van der Waals surface area contributed by atoms with Crippen LogP contribution in [0.4, 0.5) is 4.79 Å². The molecule has 0 aromatic heterocycles. The van der Waals surface area contributed by atoms with Crippen molar-refractivity contribution in [3.05, 3.63) is 77.4 Å². The van der Waals surface area contributed by atoms with E-state index in [2.05, 4.69) is 53.8 Å². The highest BCUT2D eigenvalue weighted by Gasteiger charge is 2.55. The summed E-state index contributed by atoms with van der Waals surface area (Å²) in [5, 5.41) is -0.0501. The van der Waals surface area contributed by atoms with Crippen molar-refractivity contribution < 1.29 is 28.2 Å². The maximum absolute atomic E-state index is 14.7. The summed E-state index contributed by atoms with van der Waals surface area (Å²) in [6.45, 7) is 16.8. The third-order valence-corrected chi connectivity index (χ3v) is 14.4. The molecule has 2 aromatic rings. The van der Waals surface area contributed by atoms with Gasteiger partial charge in [-0.1, -0.05) is 83.2 Å². The van der Waals surface area contributed by atoms with E-state index in [1.807, 2.05) is 54.6 Å². The van der Waals surface area contributed by atoms with Crippen molar-refractivity contribution in [3.63, 3.8) is 0 Å². The Morgan fingerprint density at radius 1 is 0.955 bits per heavy atom. The van der Waals surface area contributed by atoms with Crippen molar-refractivity contribution in [2.45, 2.75) is 91.3 Å². The quantitative estimate of drug-likeness (QED) is 0.208. The number of nitrogens with zero attached hydrogens (tertiary/aromatic N) is 1. The molecule has 0 N–H and O–H groups in total. The van der Waals surface area contributed by atoms with Crippen LogP contribution in [0.3, 0.4) is 0 Å². The Morgan fingerprint density at radius 3 is 2.25 bits per heavy atom. The van der Waals surface area contributed by atoms with E-state index < -0.39 is 25.9 Å². The predicted octanol–water partition coefficient (Wildman–Crippen LogP) is 8.15. The van der Waals surface area contributed by atoms with Gasteiger partial charge in [-0.3, -0.25) is 4.79 Å². The Labute approximate surface area is 265 Å². The number of rotatable bonds is 9. The molecule has 0 saturated carbocycles. The zero-order valence-corrected chi connectivity index (χ0v) is 28.9. The first-order valence-corrected chi connectivity index (χ1v) is 18.8. The highest BCUT2D eigenvalue weighted by Crippen LogP contribution is 2.50. The summed E-state index contributed by atoms with van der Waals surface area (Å²) in [6, 6.07) is 17.4. The maximum Gasteiger partial charge on any atom is 0.416 e. The van der Waals surface area contributed by atoms with Crippen LogP contribution in [0.25, 0.3) is 0 Å². The topological polar surface area (TPSA) is 74.3 Å². The Morgan fingerprint density at radius 2 is 1.61 bits per heavy atom. The molecule has 7 nitrogen and oxygen atoms in total. The fourth-order valence-electron chi connectivity index (χ4n) is 5.85. The minimum atomic E-state index is -2.30. The SMILES string of the molecule is COc1ccc(COCC2=C[C@H](O[Si](C)(C)C(C)(C)C)[C@@]3(CC2)C[C@H](C)[C@@H](C)CN(C(=O)OCc2ccccc2)C3=O)cc1. The van der Waals surface area contributed by atoms with Gasteiger partial charge in [0.2, 0.25) is 5.91 Å². The lowest BCUT2D eigenvalue weighted by molar-refractivity contribution is -0.146. The largest absolute Gasteiger partial charge is 0.497 e. The van der Waals surface area contributed by atoms with Gasteiger partial charge in [0.05, 0.1) is 31.8 Å². The van der Waals surface area contributed by atoms with Crippen LogP contribution in [0.15, 0.2) is 66.2 Å². The molecule has 1 aliphatic heterocycles. The molecule has 44 heavy (non-hydrogen) atoms. The third kappa shape index (κ3) is 7.82. The second kappa shape index (κ2) is 14.0. The number of carbonyl (C=O) groups excluding carboxylic acids is 2. The molecule has 1 saturated heterocycles. The molecule has 1 heterocycles. The summed E-state index contributed by atoms with van der Waals surface area (Å²) in [7, 11) is -0.646. The van der Waals surface area contributed by atoms with Gasteiger partial charge in [-0.15, -0.1) is 0 Å². The molecule has 8 heteroatoms. The molecule has 240 valence electrons. The number of imide groups is 1. The van der Waals surface area contributed by atoms with Gasteiger partial charge in [-0.25, -0.2) is 9.69 Å². The molecule has 1 spiro atoms. The van der Waals surface area contributed by atoms with Crippen molar-refractivity contribution in [1.29, 1.82) is 0 Å². The molecule has 1 fully saturated rings. The number of ether oxygens (including phenoxy) is 3. The summed E-state index contributed by atoms with van der Waals surface area (Å²) in [4.78, 5) is 29.6. The molecular formula is C36H51NO6Si. The van der Waals surface area contributed by atoms with Crippen molar-refractivity contribution >= 4 is 20.3 Å². The second-order valence-corrected chi connectivity index (χ2v) is 19.0. The van der Waals surface area contributed by atoms with E-state index in [0.29, 0.717) is 39.0 Å². The monoisotopic (exact) mass is 621 g/mol. The number of benzene rings is 2. The van der Waals surface area contributed by atoms with Gasteiger partial charge in [0, 0.05) is 6.54 Å². The predicted molar refractivity (Wildman–Crippen MR) is 176 cm³/mol. The van der Waals surface area contributed by atoms with Gasteiger partial charge in [-0.2, -0.15) is 0 Å². The summed E-state index contributed by atoms with van der Waals surface area (Å²) < 4.78 is 24.3. The molecule has 0 radical (unpaired) electrons. The van der Waals surface area contributed by atoms with Gasteiger partial charge in [0.15, 0.2) is 8.32 Å². The van der Waals surface area contributed by atoms with Crippen LogP contribution >= 0.6 is 0 Å². The number of hydrogen-bond donors (Lipinski definition) is 0. The molecule has 4 rings (SSSR count). The van der Waals surface area contributed by atoms with Gasteiger partial charge >= 0.3 is 6.09 Å². The minimum Gasteiger partial charge on any atom is -0.497 e. The van der Waals surface area contributed by atoms with Gasteiger partial charge in [0.1, 0.15) is 12.4 Å². The molecule has 0 bridgehead atoms. The summed E-state index contributed by atoms with van der Waals surface area (Å²) in [6.07, 6.45) is 3.07. The summed E-state index contributed by atoms with van der Waals surface area (Å²) in [5.41, 5.74) is 2.23. The van der Waals surface area contributed by atoms with Crippen LogP contribution in [0.5, 0.6) is 5.75 Å². The zero-order chi connectivity index (χ0) is 32.1. The van der Waals surface area contributed by atoms with Crippen molar-refractivity contribution in [1.82, 2.24) is 4.90 Å². The number of carbonyl (C=O) groups is 2. The van der Waals surface area contributed by atoms with E-state index >= 15 is 0 Å². The van der Waals surface area contributed by atoms with Gasteiger partial charge < -0.3 is 18.6 Å². The fraction of sp³-hybridized carbons (Fsp3) is 0.556. The second-order valence-electron chi connectivity index (χ2n) is 14.2. The smallest absolute Gasteiger partial charge is 0.416 e. The molecule has 4 atom stereocenters. The lowest BCUT2D eigenvalue weighted by Gasteiger charge is -2.48. The Bertz CT molecular complexity index is 1300. The fourth-order valence-corrected chi connectivity index (χ4v) is 7.13. The molecular weight excluding hydrogens is 570 g/mol. The van der Waals surface area contributed by atoms with Crippen LogP contribution in [-0.4, -0.2) is 51.6 Å². The normalized spacial score (nSPS) is 24.5. The minimum absolute atomic E-state index is 0.0501. The van der Waals surface area contributed by atoms with Crippen LogP contribution in [0.2, 0.25) is 18.1 Å². The maximum atomic E-state index is 14.7. The van der Waals surface area contributed by atoms with E-state index in [1.165, 1.54) is 4.90 Å². The van der Waals surface area contributed by atoms with Crippen molar-refractivity contribution in [2.75, 3.05) is 20.3 Å². The Hall–Kier alpha value is -2.94. The summed E-state index contributed by atoms with van der Waals surface area (Å²) >= 11 is 0. The Balaban J connectivity index is 1.61. The van der Waals surface area contributed by atoms with Gasteiger partial charge in [-0.05, 0) is 78.1 Å². The number of methoxy groups -OCH3 is 1. The number of amides is 2. The van der Waals surface area contributed by atoms with Crippen molar-refractivity contribution in [3.8, 4) is 5.75 Å². The highest BCUT2D eigenvalue weighted by molar-refractivity contribution is 6.74. The first-order valence-electron chi connectivity index (χ1n) is 15.9. The van der Waals surface area contributed by atoms with Crippen LogP contribution < -0.4 is 4.74 Å². The number of likely N-dealkylation sites (tertiary alicyclic amines) is 1. The molecule has 0 unspecified atom stereocenters. The van der Waals surface area contributed by atoms with Crippen molar-refractivity contribution in [2.24, 2.45) is 17.3 Å².